The lowest BCUT2D eigenvalue weighted by Gasteiger charge is -2.28. The van der Waals surface area contributed by atoms with E-state index in [4.69, 9.17) is 0 Å². The predicted octanol–water partition coefficient (Wildman–Crippen LogP) is 3.89. The molecule has 0 atom stereocenters. The summed E-state index contributed by atoms with van der Waals surface area (Å²) in [5.74, 6) is -2.61. The average Bonchev–Trinajstić information content (AvgIpc) is 3.22. The van der Waals surface area contributed by atoms with E-state index in [1.165, 1.54) is 17.2 Å². The third-order valence-electron chi connectivity index (χ3n) is 6.36. The van der Waals surface area contributed by atoms with E-state index in [0.717, 1.165) is 12.1 Å². The summed E-state index contributed by atoms with van der Waals surface area (Å²) in [6.45, 7) is -2.22. The van der Waals surface area contributed by atoms with Crippen molar-refractivity contribution in [3.63, 3.8) is 0 Å². The molecular formula is C22H20F4N4O3. The van der Waals surface area contributed by atoms with Crippen LogP contribution in [-0.2, 0) is 17.8 Å². The van der Waals surface area contributed by atoms with Crippen molar-refractivity contribution in [2.24, 2.45) is 5.41 Å². The molecule has 1 amide bonds. The van der Waals surface area contributed by atoms with Gasteiger partial charge in [0, 0.05) is 35.3 Å². The van der Waals surface area contributed by atoms with Crippen LogP contribution in [0.15, 0.2) is 24.4 Å². The summed E-state index contributed by atoms with van der Waals surface area (Å²) < 4.78 is 57.9. The lowest BCUT2D eigenvalue weighted by Crippen LogP contribution is -2.39. The number of benzene rings is 1. The van der Waals surface area contributed by atoms with Gasteiger partial charge < -0.3 is 14.6 Å². The number of aromatic nitrogens is 3. The second-order valence-electron chi connectivity index (χ2n) is 8.66. The third kappa shape index (κ3) is 4.12. The van der Waals surface area contributed by atoms with Crippen molar-refractivity contribution in [1.29, 1.82) is 0 Å². The van der Waals surface area contributed by atoms with Crippen LogP contribution in [0.3, 0.4) is 0 Å². The number of ketones is 1. The van der Waals surface area contributed by atoms with E-state index in [1.807, 2.05) is 0 Å². The van der Waals surface area contributed by atoms with Gasteiger partial charge in [0.05, 0.1) is 37.2 Å². The first-order chi connectivity index (χ1) is 15.7. The van der Waals surface area contributed by atoms with Crippen LogP contribution < -0.4 is 0 Å². The number of aromatic amines is 1. The molecule has 0 saturated heterocycles. The molecule has 1 N–H and O–H groups in total. The van der Waals surface area contributed by atoms with E-state index in [0.29, 0.717) is 48.1 Å². The van der Waals surface area contributed by atoms with Gasteiger partial charge >= 0.3 is 6.61 Å². The zero-order chi connectivity index (χ0) is 23.3. The number of amides is 1. The zero-order valence-electron chi connectivity index (χ0n) is 17.4. The van der Waals surface area contributed by atoms with E-state index in [-0.39, 0.29) is 37.0 Å². The molecule has 1 aliphatic carbocycles. The Morgan fingerprint density at radius 3 is 2.64 bits per heavy atom. The van der Waals surface area contributed by atoms with Crippen LogP contribution >= 0.6 is 0 Å². The Morgan fingerprint density at radius 1 is 1.15 bits per heavy atom. The second-order valence-corrected chi connectivity index (χ2v) is 8.66. The molecule has 1 aromatic carbocycles. The maximum Gasteiger partial charge on any atom is 0.345 e. The number of carbonyl (C=O) groups excluding carboxylic acids is 2. The van der Waals surface area contributed by atoms with Crippen LogP contribution in [0.1, 0.15) is 45.8 Å². The summed E-state index contributed by atoms with van der Waals surface area (Å²) >= 11 is 0. The fourth-order valence-electron chi connectivity index (χ4n) is 4.29. The molecule has 0 spiro atoms. The van der Waals surface area contributed by atoms with Crippen LogP contribution in [-0.4, -0.2) is 51.1 Å². The Morgan fingerprint density at radius 2 is 1.91 bits per heavy atom. The van der Waals surface area contributed by atoms with Gasteiger partial charge in [-0.2, -0.15) is 13.9 Å². The first-order valence-electron chi connectivity index (χ1n) is 10.5. The van der Waals surface area contributed by atoms with E-state index in [1.54, 1.807) is 4.68 Å². The van der Waals surface area contributed by atoms with Crippen LogP contribution in [0.4, 0.5) is 17.6 Å². The molecule has 1 saturated carbocycles. The molecule has 1 fully saturated rings. The van der Waals surface area contributed by atoms with Gasteiger partial charge in [-0.25, -0.2) is 8.78 Å². The number of ether oxygens (including phenoxy) is 1. The Labute approximate surface area is 185 Å². The topological polar surface area (TPSA) is 80.2 Å². The molecule has 0 bridgehead atoms. The van der Waals surface area contributed by atoms with Gasteiger partial charge in [0.1, 0.15) is 5.69 Å². The fourth-order valence-corrected chi connectivity index (χ4v) is 4.29. The van der Waals surface area contributed by atoms with Crippen molar-refractivity contribution in [3.8, 4) is 0 Å². The largest absolute Gasteiger partial charge is 0.350 e. The summed E-state index contributed by atoms with van der Waals surface area (Å²) in [7, 11) is 0. The first kappa shape index (κ1) is 21.6. The highest BCUT2D eigenvalue weighted by Crippen LogP contribution is 2.50. The number of fused-ring (bicyclic) bond motifs is 2. The maximum atomic E-state index is 13.5. The molecule has 5 rings (SSSR count). The summed E-state index contributed by atoms with van der Waals surface area (Å²) in [5.41, 5.74) is 0.837. The molecule has 174 valence electrons. The molecule has 2 aromatic heterocycles. The van der Waals surface area contributed by atoms with E-state index in [2.05, 4.69) is 14.8 Å². The monoisotopic (exact) mass is 464 g/mol. The lowest BCUT2D eigenvalue weighted by molar-refractivity contribution is -0.140. The summed E-state index contributed by atoms with van der Waals surface area (Å²) in [6, 6.07) is 3.47. The number of Topliss-reactive ketones (excluding diaryl/α,β-unsaturated/α-hetero) is 1. The van der Waals surface area contributed by atoms with Gasteiger partial charge in [-0.3, -0.25) is 14.3 Å². The van der Waals surface area contributed by atoms with Crippen LogP contribution in [0.2, 0.25) is 0 Å². The van der Waals surface area contributed by atoms with Gasteiger partial charge in [-0.1, -0.05) is 0 Å². The number of nitrogens with zero attached hydrogens (tertiary/aromatic N) is 3. The number of hydrogen-bond donors (Lipinski definition) is 1. The predicted molar refractivity (Wildman–Crippen MR) is 108 cm³/mol. The first-order valence-corrected chi connectivity index (χ1v) is 10.5. The third-order valence-corrected chi connectivity index (χ3v) is 6.36. The minimum absolute atomic E-state index is 0.0749. The Bertz CT molecular complexity index is 1210. The molecule has 11 heteroatoms. The molecular weight excluding hydrogens is 444 g/mol. The maximum absolute atomic E-state index is 13.5. The smallest absolute Gasteiger partial charge is 0.345 e. The van der Waals surface area contributed by atoms with Gasteiger partial charge in [-0.15, -0.1) is 0 Å². The number of carbonyl (C=O) groups is 2. The summed E-state index contributed by atoms with van der Waals surface area (Å²) in [5, 5.41) is 4.61. The molecule has 0 unspecified atom stereocenters. The summed E-state index contributed by atoms with van der Waals surface area (Å²) in [4.78, 5) is 30.3. The fraction of sp³-hybridized carbons (Fsp3) is 0.409. The van der Waals surface area contributed by atoms with Crippen LogP contribution in [0, 0.1) is 17.0 Å². The number of H-pyrrole nitrogens is 1. The zero-order valence-corrected chi connectivity index (χ0v) is 17.4. The van der Waals surface area contributed by atoms with Gasteiger partial charge in [0.2, 0.25) is 0 Å². The van der Waals surface area contributed by atoms with Crippen molar-refractivity contribution < 1.29 is 31.9 Å². The van der Waals surface area contributed by atoms with Crippen molar-refractivity contribution >= 4 is 22.6 Å². The molecule has 0 radical (unpaired) electrons. The number of rotatable bonds is 7. The van der Waals surface area contributed by atoms with Gasteiger partial charge in [0.15, 0.2) is 17.4 Å². The van der Waals surface area contributed by atoms with Crippen molar-refractivity contribution in [3.05, 3.63) is 53.0 Å². The SMILES string of the molecule is O=C(CC1(COC(F)F)CC1)c1cnn2c1CN(C(=O)c1cc3cc(F)c(F)cc3[nH]1)CC2. The number of halogens is 4. The summed E-state index contributed by atoms with van der Waals surface area (Å²) in [6.07, 6.45) is 2.80. The highest BCUT2D eigenvalue weighted by atomic mass is 19.3. The van der Waals surface area contributed by atoms with Crippen molar-refractivity contribution in [1.82, 2.24) is 19.7 Å². The molecule has 2 aliphatic rings. The van der Waals surface area contributed by atoms with Gasteiger partial charge in [0.25, 0.3) is 5.91 Å². The molecule has 3 aromatic rings. The van der Waals surface area contributed by atoms with Crippen LogP contribution in [0.5, 0.6) is 0 Å². The molecule has 33 heavy (non-hydrogen) atoms. The highest BCUT2D eigenvalue weighted by Gasteiger charge is 2.46. The van der Waals surface area contributed by atoms with E-state index in [9.17, 15) is 27.2 Å². The van der Waals surface area contributed by atoms with E-state index < -0.39 is 23.7 Å². The lowest BCUT2D eigenvalue weighted by atomic mass is 9.96. The number of hydrogen-bond acceptors (Lipinski definition) is 4. The minimum atomic E-state index is -2.88. The normalized spacial score (nSPS) is 16.9. The Balaban J connectivity index is 1.32. The Kier molecular flexibility index (Phi) is 5.23. The van der Waals surface area contributed by atoms with E-state index >= 15 is 0 Å². The highest BCUT2D eigenvalue weighted by molar-refractivity contribution is 5.99. The van der Waals surface area contributed by atoms with Crippen molar-refractivity contribution in [2.75, 3.05) is 13.2 Å². The minimum Gasteiger partial charge on any atom is -0.350 e. The molecule has 1 aliphatic heterocycles. The van der Waals surface area contributed by atoms with Crippen LogP contribution in [0.25, 0.3) is 10.9 Å². The number of alkyl halides is 2. The molecule has 3 heterocycles. The standard InChI is InChI=1S/C22H20F4N4O3/c23-14-5-12-6-17(28-16(12)7-15(14)24)20(32)29-3-4-30-18(10-29)13(9-27-30)19(31)8-22(1-2-22)11-33-21(25)26/h5-7,9,21,28H,1-4,8,10-11H2. The average molecular weight is 464 g/mol. The molecule has 7 nitrogen and oxygen atoms in total. The quantitative estimate of drug-likeness (QED) is 0.425. The Hall–Kier alpha value is -3.21. The number of nitrogens with one attached hydrogen (secondary N) is 1. The van der Waals surface area contributed by atoms with Gasteiger partial charge in [-0.05, 0) is 25.0 Å². The second kappa shape index (κ2) is 7.98. The van der Waals surface area contributed by atoms with Crippen molar-refractivity contribution in [2.45, 2.75) is 39.0 Å².